The first-order valence-electron chi connectivity index (χ1n) is 11.9. The molecule has 9 nitrogen and oxygen atoms in total. The fourth-order valence-electron chi connectivity index (χ4n) is 4.56. The van der Waals surface area contributed by atoms with Crippen molar-refractivity contribution >= 4 is 36.5 Å². The van der Waals surface area contributed by atoms with Crippen LogP contribution in [0.4, 0.5) is 27.9 Å². The van der Waals surface area contributed by atoms with Crippen LogP contribution < -0.4 is 20.4 Å². The van der Waals surface area contributed by atoms with E-state index in [1.807, 2.05) is 0 Å². The number of ether oxygens (including phenoxy) is 2. The molecule has 2 heterocycles. The Kier molecular flexibility index (Phi) is 8.83. The summed E-state index contributed by atoms with van der Waals surface area (Å²) in [5.41, 5.74) is -1.66. The summed E-state index contributed by atoms with van der Waals surface area (Å²) in [4.78, 5) is 38.3. The quantitative estimate of drug-likeness (QED) is 0.421. The van der Waals surface area contributed by atoms with Gasteiger partial charge in [-0.3, -0.25) is 17.8 Å². The zero-order valence-electron chi connectivity index (χ0n) is 21.4. The Bertz CT molecular complexity index is 1260. The number of aromatic nitrogens is 1. The first kappa shape index (κ1) is 29.1. The van der Waals surface area contributed by atoms with Crippen LogP contribution in [0.25, 0.3) is 10.9 Å². The van der Waals surface area contributed by atoms with Gasteiger partial charge in [0, 0.05) is 31.2 Å². The van der Waals surface area contributed by atoms with Crippen molar-refractivity contribution in [1.82, 2.24) is 9.88 Å². The number of benzene rings is 1. The lowest BCUT2D eigenvalue weighted by Crippen LogP contribution is -2.43. The smallest absolute Gasteiger partial charge is 0.492 e. The highest BCUT2D eigenvalue weighted by Crippen LogP contribution is 2.44. The highest BCUT2D eigenvalue weighted by atomic mass is 19.2. The molecule has 2 fully saturated rings. The van der Waals surface area contributed by atoms with Gasteiger partial charge in [-0.1, -0.05) is 0 Å². The van der Waals surface area contributed by atoms with Gasteiger partial charge in [-0.05, 0) is 39.7 Å². The summed E-state index contributed by atoms with van der Waals surface area (Å²) >= 11 is 0. The van der Waals surface area contributed by atoms with Gasteiger partial charge in [0.05, 0.1) is 30.7 Å². The molecule has 1 aliphatic heterocycles. The Morgan fingerprint density at radius 3 is 2.37 bits per heavy atom. The summed E-state index contributed by atoms with van der Waals surface area (Å²) in [6.07, 6.45) is 2.14. The van der Waals surface area contributed by atoms with Crippen LogP contribution in [0, 0.1) is 11.7 Å². The van der Waals surface area contributed by atoms with Gasteiger partial charge in [0.1, 0.15) is 16.9 Å². The number of pyridine rings is 1. The number of carbonyl (C=O) groups excluding carboxylic acids is 1. The summed E-state index contributed by atoms with van der Waals surface area (Å²) in [6.45, 7) is 4.58. The summed E-state index contributed by atoms with van der Waals surface area (Å²) < 4.78 is 60.9. The van der Waals surface area contributed by atoms with Gasteiger partial charge in [-0.2, -0.15) is 0 Å². The minimum atomic E-state index is -1.39. The number of carbonyl (C=O) groups is 2. The van der Waals surface area contributed by atoms with Crippen LogP contribution in [0.15, 0.2) is 17.1 Å². The number of alkyl carbamates (subject to hydrolysis) is 1. The van der Waals surface area contributed by atoms with E-state index in [9.17, 15) is 32.5 Å². The largest absolute Gasteiger partial charge is 0.577 e. The van der Waals surface area contributed by atoms with Crippen molar-refractivity contribution in [3.8, 4) is 5.75 Å². The van der Waals surface area contributed by atoms with Gasteiger partial charge in [0.2, 0.25) is 5.43 Å². The number of nitrogens with zero attached hydrogens (tertiary/aromatic N) is 2. The molecule has 1 aromatic heterocycles. The van der Waals surface area contributed by atoms with Crippen molar-refractivity contribution in [3.63, 3.8) is 0 Å². The Morgan fingerprint density at radius 2 is 1.87 bits per heavy atom. The van der Waals surface area contributed by atoms with Crippen molar-refractivity contribution in [2.45, 2.75) is 51.3 Å². The fraction of sp³-hybridized carbons (Fsp3) is 0.542. The minimum absolute atomic E-state index is 0.0313. The van der Waals surface area contributed by atoms with E-state index in [4.69, 9.17) is 9.47 Å². The predicted molar refractivity (Wildman–Crippen MR) is 133 cm³/mol. The summed E-state index contributed by atoms with van der Waals surface area (Å²) in [7, 11) is 0.337. The number of carboxylic acids is 1. The first-order valence-corrected chi connectivity index (χ1v) is 11.9. The molecule has 2 N–H and O–H groups in total. The molecule has 2 atom stereocenters. The summed E-state index contributed by atoms with van der Waals surface area (Å²) in [5, 5.41) is 12.1. The molecule has 1 amide bonds. The van der Waals surface area contributed by atoms with Crippen LogP contribution in [0.2, 0.25) is 0 Å². The summed E-state index contributed by atoms with van der Waals surface area (Å²) in [5.74, 6) is -2.75. The first-order chi connectivity index (χ1) is 17.9. The van der Waals surface area contributed by atoms with E-state index in [1.165, 1.54) is 13.3 Å². The lowest BCUT2D eigenvalue weighted by atomic mass is 10.1. The third-order valence-corrected chi connectivity index (χ3v) is 6.23. The second-order valence-corrected chi connectivity index (χ2v) is 10.1. The number of carboxylic acid groups (broad SMARTS) is 1. The van der Waals surface area contributed by atoms with Gasteiger partial charge < -0.3 is 29.4 Å². The molecular weight excluding hydrogens is 513 g/mol. The SMILES string of the molecule is COc1c(N2C[C@H](CF)[C@H](NC(=O)OC(C)(C)C)C2)c(F)cc2c(=O)c(C(=O)O)cn(C3CC3)c12.F[B]F. The molecule has 4 rings (SSSR count). The van der Waals surface area contributed by atoms with E-state index in [0.29, 0.717) is 5.52 Å². The Labute approximate surface area is 217 Å². The van der Waals surface area contributed by atoms with E-state index in [-0.39, 0.29) is 36.0 Å². The number of methoxy groups -OCH3 is 1. The molecule has 2 aromatic rings. The number of amides is 1. The molecule has 0 spiro atoms. The van der Waals surface area contributed by atoms with Crippen LogP contribution in [0.1, 0.15) is 50.0 Å². The molecule has 2 aliphatic rings. The number of hydrogen-bond donors (Lipinski definition) is 2. The molecule has 1 saturated carbocycles. The molecule has 1 saturated heterocycles. The van der Waals surface area contributed by atoms with Crippen molar-refractivity contribution < 1.29 is 41.6 Å². The molecule has 1 aromatic carbocycles. The van der Waals surface area contributed by atoms with Crippen molar-refractivity contribution in [3.05, 3.63) is 33.9 Å². The van der Waals surface area contributed by atoms with Crippen molar-refractivity contribution in [2.24, 2.45) is 5.92 Å². The Hall–Kier alpha value is -3.45. The lowest BCUT2D eigenvalue weighted by Gasteiger charge is -2.25. The van der Waals surface area contributed by atoms with E-state index in [0.717, 1.165) is 18.9 Å². The average Bonchev–Trinajstić information content (AvgIpc) is 3.58. The second kappa shape index (κ2) is 11.5. The monoisotopic (exact) mass is 542 g/mol. The zero-order valence-corrected chi connectivity index (χ0v) is 21.4. The number of rotatable bonds is 6. The molecule has 0 unspecified atom stereocenters. The van der Waals surface area contributed by atoms with Crippen LogP contribution in [-0.2, 0) is 4.74 Å². The summed E-state index contributed by atoms with van der Waals surface area (Å²) in [6, 6.07) is 0.330. The predicted octanol–water partition coefficient (Wildman–Crippen LogP) is 3.94. The third-order valence-electron chi connectivity index (χ3n) is 6.23. The average molecular weight is 542 g/mol. The van der Waals surface area contributed by atoms with Crippen molar-refractivity contribution in [2.75, 3.05) is 31.8 Å². The molecule has 1 aliphatic carbocycles. The highest BCUT2D eigenvalue weighted by Gasteiger charge is 2.38. The number of anilines is 1. The third kappa shape index (κ3) is 6.16. The maximum absolute atomic E-state index is 15.5. The zero-order chi connectivity index (χ0) is 28.4. The topological polar surface area (TPSA) is 110 Å². The maximum atomic E-state index is 15.5. The van der Waals surface area contributed by atoms with Gasteiger partial charge >= 0.3 is 19.9 Å². The normalized spacial score (nSPS) is 19.0. The number of alkyl halides is 1. The standard InChI is InChI=1S/C24H29F2N3O6.BF2/c1-24(2,3)35-23(33)27-17-11-28(9-12(17)8-25)19-16(26)7-14-18(21(19)34-4)29(13-5-6-13)10-15(20(14)30)22(31)32;2-1-3/h7,10,12-13,17H,5-6,8-9,11H2,1-4H3,(H,27,33)(H,31,32);/t12-,17+;/m0./s1. The maximum Gasteiger partial charge on any atom is 0.577 e. The minimum Gasteiger partial charge on any atom is -0.492 e. The number of fused-ring (bicyclic) bond motifs is 1. The molecular formula is C24H29BF4N3O6. The van der Waals surface area contributed by atoms with Crippen LogP contribution in [0.5, 0.6) is 5.75 Å². The van der Waals surface area contributed by atoms with Gasteiger partial charge in [-0.15, -0.1) is 0 Å². The van der Waals surface area contributed by atoms with E-state index in [1.54, 1.807) is 30.2 Å². The molecule has 0 bridgehead atoms. The van der Waals surface area contributed by atoms with Gasteiger partial charge in [0.25, 0.3) is 0 Å². The number of aromatic carboxylic acids is 1. The van der Waals surface area contributed by atoms with E-state index < -0.39 is 60.9 Å². The molecule has 38 heavy (non-hydrogen) atoms. The number of hydrogen-bond acceptors (Lipinski definition) is 6. The Morgan fingerprint density at radius 1 is 1.24 bits per heavy atom. The van der Waals surface area contributed by atoms with Crippen LogP contribution in [0.3, 0.4) is 0 Å². The molecule has 207 valence electrons. The van der Waals surface area contributed by atoms with E-state index in [2.05, 4.69) is 5.32 Å². The van der Waals surface area contributed by atoms with E-state index >= 15 is 4.39 Å². The number of nitrogens with one attached hydrogen (secondary N) is 1. The fourth-order valence-corrected chi connectivity index (χ4v) is 4.56. The lowest BCUT2D eigenvalue weighted by molar-refractivity contribution is 0.0494. The Balaban J connectivity index is 0.00000127. The van der Waals surface area contributed by atoms with Gasteiger partial charge in [0.15, 0.2) is 11.6 Å². The molecule has 1 radical (unpaired) electrons. The number of halogens is 4. The highest BCUT2D eigenvalue weighted by molar-refractivity contribution is 6.15. The van der Waals surface area contributed by atoms with Crippen molar-refractivity contribution in [1.29, 1.82) is 0 Å². The molecule has 14 heteroatoms. The second-order valence-electron chi connectivity index (χ2n) is 10.1. The van der Waals surface area contributed by atoms with Gasteiger partial charge in [-0.25, -0.2) is 14.0 Å². The van der Waals surface area contributed by atoms with Crippen LogP contribution >= 0.6 is 0 Å². The van der Waals surface area contributed by atoms with Crippen LogP contribution in [-0.4, -0.2) is 68.1 Å².